The lowest BCUT2D eigenvalue weighted by Crippen LogP contribution is -2.19. The van der Waals surface area contributed by atoms with Gasteiger partial charge in [0, 0.05) is 5.56 Å². The lowest BCUT2D eigenvalue weighted by molar-refractivity contribution is 0.0955. The van der Waals surface area contributed by atoms with Crippen molar-refractivity contribution in [1.82, 2.24) is 5.43 Å². The Morgan fingerprint density at radius 3 is 2.68 bits per heavy atom. The molecule has 1 amide bonds. The molecule has 0 spiro atoms. The normalized spacial score (nSPS) is 11.4. The zero-order valence-electron chi connectivity index (χ0n) is 9.98. The molecule has 0 radical (unpaired) electrons. The number of carbonyl (C=O) groups excluding carboxylic acids is 1. The molecule has 0 aliphatic heterocycles. The van der Waals surface area contributed by atoms with E-state index in [2.05, 4.69) is 10.5 Å². The molecule has 1 heterocycles. The van der Waals surface area contributed by atoms with Crippen molar-refractivity contribution < 1.29 is 9.21 Å². The van der Waals surface area contributed by atoms with E-state index in [1.807, 2.05) is 0 Å². The first-order valence-corrected chi connectivity index (χ1v) is 6.17. The summed E-state index contributed by atoms with van der Waals surface area (Å²) in [5.74, 6) is 0.221. The molecule has 0 unspecified atom stereocenters. The maximum atomic E-state index is 11.8. The highest BCUT2D eigenvalue weighted by Crippen LogP contribution is 2.22. The van der Waals surface area contributed by atoms with Crippen LogP contribution >= 0.6 is 23.2 Å². The van der Waals surface area contributed by atoms with E-state index in [9.17, 15) is 4.79 Å². The Morgan fingerprint density at radius 2 is 2.05 bits per heavy atom. The third kappa shape index (κ3) is 3.36. The maximum Gasteiger partial charge on any atom is 0.271 e. The number of hydrazone groups is 1. The van der Waals surface area contributed by atoms with Crippen molar-refractivity contribution in [3.63, 3.8) is 0 Å². The van der Waals surface area contributed by atoms with Crippen molar-refractivity contribution >= 4 is 34.8 Å². The van der Waals surface area contributed by atoms with Gasteiger partial charge in [-0.1, -0.05) is 23.2 Å². The summed E-state index contributed by atoms with van der Waals surface area (Å²) in [5, 5.41) is 4.66. The molecule has 0 saturated carbocycles. The monoisotopic (exact) mass is 296 g/mol. The molecule has 1 aromatic heterocycles. The Balaban J connectivity index is 2.09. The number of amides is 1. The number of nitrogens with one attached hydrogen (secondary N) is 1. The third-order valence-corrected chi connectivity index (χ3v) is 3.12. The van der Waals surface area contributed by atoms with E-state index in [0.29, 0.717) is 27.1 Å². The van der Waals surface area contributed by atoms with Crippen LogP contribution in [0, 0.1) is 0 Å². The molecule has 0 aliphatic carbocycles. The molecule has 98 valence electrons. The largest absolute Gasteiger partial charge is 0.463 e. The summed E-state index contributed by atoms with van der Waals surface area (Å²) < 4.78 is 5.15. The van der Waals surface area contributed by atoms with Crippen molar-refractivity contribution in [3.05, 3.63) is 58.0 Å². The Labute approximate surface area is 120 Å². The van der Waals surface area contributed by atoms with Gasteiger partial charge in [-0.05, 0) is 37.3 Å². The number of furan rings is 1. The first-order valence-electron chi connectivity index (χ1n) is 5.41. The van der Waals surface area contributed by atoms with E-state index in [0.717, 1.165) is 0 Å². The summed E-state index contributed by atoms with van der Waals surface area (Å²) in [5.41, 5.74) is 3.37. The number of hydrogen-bond donors (Lipinski definition) is 1. The van der Waals surface area contributed by atoms with Crippen LogP contribution in [0.25, 0.3) is 0 Å². The second-order valence-electron chi connectivity index (χ2n) is 3.74. The van der Waals surface area contributed by atoms with Crippen LogP contribution in [0.15, 0.2) is 46.1 Å². The van der Waals surface area contributed by atoms with Crippen molar-refractivity contribution in [1.29, 1.82) is 0 Å². The summed E-state index contributed by atoms with van der Waals surface area (Å²) >= 11 is 11.6. The Morgan fingerprint density at radius 1 is 1.26 bits per heavy atom. The molecule has 1 aromatic carbocycles. The lowest BCUT2D eigenvalue weighted by Gasteiger charge is -2.02. The summed E-state index contributed by atoms with van der Waals surface area (Å²) in [6.07, 6.45) is 1.54. The molecule has 0 saturated heterocycles. The van der Waals surface area contributed by atoms with E-state index < -0.39 is 0 Å². The summed E-state index contributed by atoms with van der Waals surface area (Å²) in [7, 11) is 0. The molecule has 4 nitrogen and oxygen atoms in total. The smallest absolute Gasteiger partial charge is 0.271 e. The highest BCUT2D eigenvalue weighted by Gasteiger charge is 2.08. The number of benzene rings is 1. The second kappa shape index (κ2) is 5.91. The number of halogens is 2. The van der Waals surface area contributed by atoms with Crippen LogP contribution in [-0.4, -0.2) is 11.6 Å². The van der Waals surface area contributed by atoms with Crippen LogP contribution in [0.3, 0.4) is 0 Å². The maximum absolute atomic E-state index is 11.8. The quantitative estimate of drug-likeness (QED) is 0.693. The minimum Gasteiger partial charge on any atom is -0.463 e. The van der Waals surface area contributed by atoms with E-state index in [1.165, 1.54) is 12.3 Å². The fraction of sp³-hybridized carbons (Fsp3) is 0.0769. The number of nitrogens with zero attached hydrogens (tertiary/aromatic N) is 1. The molecule has 0 fully saturated rings. The molecule has 2 aromatic rings. The summed E-state index contributed by atoms with van der Waals surface area (Å²) in [4.78, 5) is 11.8. The molecule has 19 heavy (non-hydrogen) atoms. The Kier molecular flexibility index (Phi) is 4.24. The van der Waals surface area contributed by atoms with Crippen molar-refractivity contribution in [2.24, 2.45) is 5.10 Å². The van der Waals surface area contributed by atoms with E-state index in [-0.39, 0.29) is 5.91 Å². The number of hydrogen-bond acceptors (Lipinski definition) is 3. The van der Waals surface area contributed by atoms with Crippen molar-refractivity contribution in [2.45, 2.75) is 6.92 Å². The highest BCUT2D eigenvalue weighted by atomic mass is 35.5. The van der Waals surface area contributed by atoms with Crippen molar-refractivity contribution in [3.8, 4) is 0 Å². The standard InChI is InChI=1S/C13H10Cl2N2O2/c1-8(12-3-2-6-19-12)16-17-13(18)9-4-5-10(14)11(15)7-9/h2-7H,1H3,(H,17,18)/b16-8+. The third-order valence-electron chi connectivity index (χ3n) is 2.38. The van der Waals surface area contributed by atoms with Gasteiger partial charge in [0.25, 0.3) is 5.91 Å². The fourth-order valence-electron chi connectivity index (χ4n) is 1.38. The average molecular weight is 297 g/mol. The predicted molar refractivity (Wildman–Crippen MR) is 74.8 cm³/mol. The number of rotatable bonds is 3. The molecule has 6 heteroatoms. The fourth-order valence-corrected chi connectivity index (χ4v) is 1.67. The molecule has 2 rings (SSSR count). The van der Waals surface area contributed by atoms with Gasteiger partial charge in [-0.2, -0.15) is 5.10 Å². The van der Waals surface area contributed by atoms with Gasteiger partial charge in [0.15, 0.2) is 0 Å². The van der Waals surface area contributed by atoms with Gasteiger partial charge in [0.05, 0.1) is 16.3 Å². The predicted octanol–water partition coefficient (Wildman–Crippen LogP) is 3.74. The van der Waals surface area contributed by atoms with Crippen molar-refractivity contribution in [2.75, 3.05) is 0 Å². The van der Waals surface area contributed by atoms with Gasteiger partial charge < -0.3 is 4.42 Å². The SMILES string of the molecule is C/C(=N\NC(=O)c1ccc(Cl)c(Cl)c1)c1ccco1. The van der Waals surface area contributed by atoms with Crippen LogP contribution in [0.5, 0.6) is 0 Å². The van der Waals surface area contributed by atoms with Crippen LogP contribution < -0.4 is 5.43 Å². The number of carbonyl (C=O) groups is 1. The molecular formula is C13H10Cl2N2O2. The van der Waals surface area contributed by atoms with Gasteiger partial charge in [-0.3, -0.25) is 4.79 Å². The lowest BCUT2D eigenvalue weighted by atomic mass is 10.2. The van der Waals surface area contributed by atoms with Gasteiger partial charge >= 0.3 is 0 Å². The van der Waals surface area contributed by atoms with Crippen LogP contribution in [-0.2, 0) is 0 Å². The van der Waals surface area contributed by atoms with E-state index in [4.69, 9.17) is 27.6 Å². The topological polar surface area (TPSA) is 54.6 Å². The first kappa shape index (κ1) is 13.6. The summed E-state index contributed by atoms with van der Waals surface area (Å²) in [6, 6.07) is 8.11. The van der Waals surface area contributed by atoms with Crippen LogP contribution in [0.2, 0.25) is 10.0 Å². The van der Waals surface area contributed by atoms with Crippen LogP contribution in [0.1, 0.15) is 23.0 Å². The average Bonchev–Trinajstić information content (AvgIpc) is 2.92. The zero-order chi connectivity index (χ0) is 13.8. The zero-order valence-corrected chi connectivity index (χ0v) is 11.5. The summed E-state index contributed by atoms with van der Waals surface area (Å²) in [6.45, 7) is 1.73. The highest BCUT2D eigenvalue weighted by molar-refractivity contribution is 6.42. The molecule has 1 N–H and O–H groups in total. The molecule has 0 aliphatic rings. The Bertz CT molecular complexity index is 622. The second-order valence-corrected chi connectivity index (χ2v) is 4.56. The van der Waals surface area contributed by atoms with Gasteiger partial charge in [-0.15, -0.1) is 0 Å². The van der Waals surface area contributed by atoms with Gasteiger partial charge in [0.1, 0.15) is 11.5 Å². The first-order chi connectivity index (χ1) is 9.08. The minimum absolute atomic E-state index is 0.320. The van der Waals surface area contributed by atoms with E-state index in [1.54, 1.807) is 31.2 Å². The molecule has 0 bridgehead atoms. The molecular weight excluding hydrogens is 287 g/mol. The minimum atomic E-state index is -0.371. The van der Waals surface area contributed by atoms with Crippen LogP contribution in [0.4, 0.5) is 0 Å². The van der Waals surface area contributed by atoms with E-state index >= 15 is 0 Å². The molecule has 0 atom stereocenters. The Hall–Kier alpha value is -1.78. The van der Waals surface area contributed by atoms with Gasteiger partial charge in [0.2, 0.25) is 0 Å². The van der Waals surface area contributed by atoms with Gasteiger partial charge in [-0.25, -0.2) is 5.43 Å².